The molecule has 3 rings (SSSR count). The second-order valence-electron chi connectivity index (χ2n) is 5.70. The highest BCUT2D eigenvalue weighted by atomic mass is 32.2. The van der Waals surface area contributed by atoms with Crippen molar-refractivity contribution in [3.63, 3.8) is 0 Å². The van der Waals surface area contributed by atoms with Crippen LogP contribution >= 0.6 is 11.8 Å². The molecule has 2 aromatic rings. The van der Waals surface area contributed by atoms with Gasteiger partial charge < -0.3 is 14.6 Å². The molecule has 1 fully saturated rings. The first-order chi connectivity index (χ1) is 12.8. The number of aliphatic carboxylic acids is 1. The number of rotatable bonds is 5. The van der Waals surface area contributed by atoms with Gasteiger partial charge in [-0.05, 0) is 48.5 Å². The SMILES string of the molecule is Cc1cc(C(=O)O)ccc1-c1ccc(/C=C2/SC(=O)N(CC(=O)O)C2=O)o1. The first-order valence-corrected chi connectivity index (χ1v) is 8.49. The van der Waals surface area contributed by atoms with Gasteiger partial charge in [0.1, 0.15) is 18.1 Å². The number of carboxylic acid groups (broad SMARTS) is 2. The van der Waals surface area contributed by atoms with Crippen molar-refractivity contribution in [2.75, 3.05) is 6.54 Å². The summed E-state index contributed by atoms with van der Waals surface area (Å²) in [5.41, 5.74) is 1.56. The Morgan fingerprint density at radius 3 is 2.56 bits per heavy atom. The second kappa shape index (κ2) is 7.12. The number of aromatic carboxylic acids is 1. The van der Waals surface area contributed by atoms with Gasteiger partial charge in [0, 0.05) is 11.6 Å². The molecule has 2 N–H and O–H groups in total. The van der Waals surface area contributed by atoms with Crippen LogP contribution in [0.15, 0.2) is 39.7 Å². The van der Waals surface area contributed by atoms with Gasteiger partial charge in [-0.3, -0.25) is 19.3 Å². The average molecular weight is 387 g/mol. The van der Waals surface area contributed by atoms with Crippen LogP contribution in [0.4, 0.5) is 4.79 Å². The minimum atomic E-state index is -1.28. The van der Waals surface area contributed by atoms with E-state index in [0.717, 1.165) is 0 Å². The highest BCUT2D eigenvalue weighted by molar-refractivity contribution is 8.18. The van der Waals surface area contributed by atoms with E-state index in [1.54, 1.807) is 25.1 Å². The van der Waals surface area contributed by atoms with E-state index >= 15 is 0 Å². The summed E-state index contributed by atoms with van der Waals surface area (Å²) >= 11 is 0.642. The zero-order chi connectivity index (χ0) is 19.7. The van der Waals surface area contributed by atoms with Crippen LogP contribution in [0.5, 0.6) is 0 Å². The number of amides is 2. The molecule has 0 unspecified atom stereocenters. The Kier molecular flexibility index (Phi) is 4.87. The number of benzene rings is 1. The number of carbonyl (C=O) groups is 4. The van der Waals surface area contributed by atoms with E-state index in [-0.39, 0.29) is 10.5 Å². The molecule has 1 aliphatic heterocycles. The summed E-state index contributed by atoms with van der Waals surface area (Å²) in [6.45, 7) is 1.06. The van der Waals surface area contributed by atoms with Crippen molar-refractivity contribution < 1.29 is 33.8 Å². The highest BCUT2D eigenvalue weighted by Crippen LogP contribution is 2.33. The Morgan fingerprint density at radius 2 is 1.93 bits per heavy atom. The Balaban J connectivity index is 1.86. The number of carboxylic acids is 2. The van der Waals surface area contributed by atoms with Gasteiger partial charge in [-0.15, -0.1) is 0 Å². The summed E-state index contributed by atoms with van der Waals surface area (Å²) in [5, 5.41) is 17.1. The van der Waals surface area contributed by atoms with E-state index < -0.39 is 29.6 Å². The van der Waals surface area contributed by atoms with Gasteiger partial charge in [0.25, 0.3) is 11.1 Å². The number of nitrogens with zero attached hydrogens (tertiary/aromatic N) is 1. The second-order valence-corrected chi connectivity index (χ2v) is 6.69. The van der Waals surface area contributed by atoms with Crippen LogP contribution in [0, 0.1) is 6.92 Å². The van der Waals surface area contributed by atoms with E-state index in [0.29, 0.717) is 39.3 Å². The Labute approximate surface area is 157 Å². The zero-order valence-corrected chi connectivity index (χ0v) is 14.8. The zero-order valence-electron chi connectivity index (χ0n) is 14.0. The Hall–Kier alpha value is -3.33. The van der Waals surface area contributed by atoms with Gasteiger partial charge in [0.2, 0.25) is 0 Å². The molecule has 138 valence electrons. The van der Waals surface area contributed by atoms with Crippen LogP contribution in [-0.4, -0.2) is 44.7 Å². The van der Waals surface area contributed by atoms with E-state index in [9.17, 15) is 19.2 Å². The topological polar surface area (TPSA) is 125 Å². The quantitative estimate of drug-likeness (QED) is 0.750. The molecule has 1 aliphatic rings. The lowest BCUT2D eigenvalue weighted by atomic mass is 10.0. The molecular formula is C18H13NO7S. The fourth-order valence-corrected chi connectivity index (χ4v) is 3.37. The predicted octanol–water partition coefficient (Wildman–Crippen LogP) is 3.07. The molecule has 0 radical (unpaired) electrons. The minimum absolute atomic E-state index is 0.0695. The summed E-state index contributed by atoms with van der Waals surface area (Å²) in [4.78, 5) is 46.4. The third kappa shape index (κ3) is 3.77. The standard InChI is InChI=1S/C18H13NO7S/c1-9-6-10(17(23)24)2-4-12(9)13-5-3-11(26-13)7-14-16(22)19(8-15(20)21)18(25)27-14/h2-7H,8H2,1H3,(H,20,21)(H,23,24)/b14-7+. The number of hydrogen-bond donors (Lipinski definition) is 2. The molecule has 0 bridgehead atoms. The number of thioether (sulfide) groups is 1. The maximum Gasteiger partial charge on any atom is 0.335 e. The summed E-state index contributed by atoms with van der Waals surface area (Å²) in [6.07, 6.45) is 1.37. The van der Waals surface area contributed by atoms with Gasteiger partial charge in [0.15, 0.2) is 0 Å². The van der Waals surface area contributed by atoms with E-state index in [4.69, 9.17) is 14.6 Å². The number of imide groups is 1. The summed E-state index contributed by atoms with van der Waals surface area (Å²) < 4.78 is 5.68. The van der Waals surface area contributed by atoms with E-state index in [2.05, 4.69) is 0 Å². The monoisotopic (exact) mass is 387 g/mol. The normalized spacial score (nSPS) is 15.6. The number of aryl methyl sites for hydroxylation is 1. The van der Waals surface area contributed by atoms with Gasteiger partial charge in [-0.25, -0.2) is 4.79 Å². The molecule has 0 atom stereocenters. The third-order valence-electron chi connectivity index (χ3n) is 3.81. The number of carbonyl (C=O) groups excluding carboxylic acids is 2. The Bertz CT molecular complexity index is 1000. The molecule has 1 aromatic carbocycles. The molecule has 1 aromatic heterocycles. The minimum Gasteiger partial charge on any atom is -0.480 e. The largest absolute Gasteiger partial charge is 0.480 e. The lowest BCUT2D eigenvalue weighted by Gasteiger charge is -2.07. The van der Waals surface area contributed by atoms with Gasteiger partial charge in [0.05, 0.1) is 10.5 Å². The molecule has 1 saturated heterocycles. The van der Waals surface area contributed by atoms with Crippen LogP contribution in [0.2, 0.25) is 0 Å². The molecule has 0 spiro atoms. The van der Waals surface area contributed by atoms with E-state index in [1.807, 2.05) is 0 Å². The molecule has 2 amide bonds. The first-order valence-electron chi connectivity index (χ1n) is 7.67. The van der Waals surface area contributed by atoms with Crippen molar-refractivity contribution in [1.29, 1.82) is 0 Å². The fourth-order valence-electron chi connectivity index (χ4n) is 2.55. The Morgan fingerprint density at radius 1 is 1.19 bits per heavy atom. The van der Waals surface area contributed by atoms with Crippen molar-refractivity contribution >= 4 is 40.9 Å². The molecule has 2 heterocycles. The maximum absolute atomic E-state index is 12.1. The van der Waals surface area contributed by atoms with Crippen LogP contribution in [-0.2, 0) is 9.59 Å². The van der Waals surface area contributed by atoms with Crippen LogP contribution in [0.25, 0.3) is 17.4 Å². The molecule has 8 nitrogen and oxygen atoms in total. The van der Waals surface area contributed by atoms with E-state index in [1.165, 1.54) is 18.2 Å². The summed E-state index contributed by atoms with van der Waals surface area (Å²) in [6, 6.07) is 7.88. The van der Waals surface area contributed by atoms with Crippen molar-refractivity contribution in [3.05, 3.63) is 52.1 Å². The van der Waals surface area contributed by atoms with Crippen molar-refractivity contribution in [1.82, 2.24) is 4.90 Å². The third-order valence-corrected chi connectivity index (χ3v) is 4.71. The number of hydrogen-bond acceptors (Lipinski definition) is 6. The van der Waals surface area contributed by atoms with Crippen molar-refractivity contribution in [3.8, 4) is 11.3 Å². The fraction of sp³-hybridized carbons (Fsp3) is 0.111. The summed E-state index contributed by atoms with van der Waals surface area (Å²) in [7, 11) is 0. The molecule has 9 heteroatoms. The van der Waals surface area contributed by atoms with Crippen molar-refractivity contribution in [2.45, 2.75) is 6.92 Å². The lowest BCUT2D eigenvalue weighted by Crippen LogP contribution is -2.33. The van der Waals surface area contributed by atoms with Crippen LogP contribution in [0.1, 0.15) is 21.7 Å². The molecule has 0 saturated carbocycles. The number of furan rings is 1. The van der Waals surface area contributed by atoms with Gasteiger partial charge in [-0.2, -0.15) is 0 Å². The van der Waals surface area contributed by atoms with Gasteiger partial charge >= 0.3 is 11.9 Å². The molecule has 27 heavy (non-hydrogen) atoms. The van der Waals surface area contributed by atoms with Crippen molar-refractivity contribution in [2.24, 2.45) is 0 Å². The summed E-state index contributed by atoms with van der Waals surface area (Å²) in [5.74, 6) is -2.21. The highest BCUT2D eigenvalue weighted by Gasteiger charge is 2.36. The maximum atomic E-state index is 12.1. The smallest absolute Gasteiger partial charge is 0.335 e. The molecular weight excluding hydrogens is 374 g/mol. The van der Waals surface area contributed by atoms with Crippen LogP contribution in [0.3, 0.4) is 0 Å². The molecule has 0 aliphatic carbocycles. The van der Waals surface area contributed by atoms with Crippen LogP contribution < -0.4 is 0 Å². The lowest BCUT2D eigenvalue weighted by molar-refractivity contribution is -0.140. The van der Waals surface area contributed by atoms with Gasteiger partial charge in [-0.1, -0.05) is 6.07 Å². The first kappa shape index (κ1) is 18.5. The predicted molar refractivity (Wildman–Crippen MR) is 96.2 cm³/mol. The average Bonchev–Trinajstić information content (AvgIpc) is 3.15.